The lowest BCUT2D eigenvalue weighted by molar-refractivity contribution is -0.131. The van der Waals surface area contributed by atoms with Crippen molar-refractivity contribution in [2.45, 2.75) is 63.9 Å². The summed E-state index contributed by atoms with van der Waals surface area (Å²) in [5.74, 6) is 3.35. The number of carbonyl (C=O) groups is 1. The van der Waals surface area contributed by atoms with Gasteiger partial charge in [-0.3, -0.25) is 0 Å². The van der Waals surface area contributed by atoms with Crippen molar-refractivity contribution in [3.05, 3.63) is 89.0 Å². The topological polar surface area (TPSA) is 55.8 Å². The molecule has 0 aliphatic heterocycles. The van der Waals surface area contributed by atoms with Gasteiger partial charge >= 0.3 is 5.97 Å². The zero-order valence-electron chi connectivity index (χ0n) is 23.0. The zero-order chi connectivity index (χ0) is 27.0. The second kappa shape index (κ2) is 10.6. The van der Waals surface area contributed by atoms with Crippen LogP contribution in [0.4, 0.5) is 0 Å². The summed E-state index contributed by atoms with van der Waals surface area (Å²) in [5.41, 5.74) is 6.87. The van der Waals surface area contributed by atoms with Crippen LogP contribution in [-0.4, -0.2) is 18.2 Å². The molecule has 1 N–H and O–H groups in total. The van der Waals surface area contributed by atoms with Crippen molar-refractivity contribution < 1.29 is 19.4 Å². The van der Waals surface area contributed by atoms with Crippen molar-refractivity contribution in [2.75, 3.05) is 7.11 Å². The van der Waals surface area contributed by atoms with E-state index in [1.165, 1.54) is 55.7 Å². The maximum absolute atomic E-state index is 11.3. The Morgan fingerprint density at radius 3 is 2.23 bits per heavy atom. The molecule has 0 aromatic heterocycles. The molecular formula is C35H38O4. The van der Waals surface area contributed by atoms with Gasteiger partial charge in [-0.2, -0.15) is 0 Å². The Morgan fingerprint density at radius 2 is 1.62 bits per heavy atom. The minimum absolute atomic E-state index is 0.164. The van der Waals surface area contributed by atoms with Crippen LogP contribution in [0.15, 0.2) is 66.7 Å². The van der Waals surface area contributed by atoms with Gasteiger partial charge in [0.1, 0.15) is 18.1 Å². The molecule has 0 unspecified atom stereocenters. The van der Waals surface area contributed by atoms with Crippen LogP contribution in [0.25, 0.3) is 17.2 Å². The Balaban J connectivity index is 1.47. The molecule has 4 bridgehead atoms. The Hall–Kier alpha value is -3.53. The standard InChI is InChI=1S/C35H38O4/c1-3-29-27(11-14-33(36)37)9-13-32(38-2)34(29)28-10-12-31(39-22-23-7-5-4-6-8-23)30(18-28)35-19-24-15-25(20-35)17-26(16-24)21-35/h4-14,18,24-26H,3,15-17,19-22H2,1-2H3,(H,36,37). The second-order valence-corrected chi connectivity index (χ2v) is 11.9. The summed E-state index contributed by atoms with van der Waals surface area (Å²) < 4.78 is 12.5. The molecule has 0 spiro atoms. The van der Waals surface area contributed by atoms with Crippen LogP contribution < -0.4 is 9.47 Å². The Bertz CT molecular complexity index is 1350. The predicted molar refractivity (Wildman–Crippen MR) is 155 cm³/mol. The number of hydrogen-bond acceptors (Lipinski definition) is 3. The van der Waals surface area contributed by atoms with E-state index in [1.54, 1.807) is 13.2 Å². The van der Waals surface area contributed by atoms with Crippen LogP contribution in [0.1, 0.15) is 67.7 Å². The summed E-state index contributed by atoms with van der Waals surface area (Å²) in [6.45, 7) is 2.67. The van der Waals surface area contributed by atoms with E-state index in [4.69, 9.17) is 9.47 Å². The molecule has 4 heteroatoms. The molecule has 0 heterocycles. The molecule has 4 aliphatic carbocycles. The van der Waals surface area contributed by atoms with Crippen LogP contribution in [-0.2, 0) is 23.2 Å². The van der Waals surface area contributed by atoms with Crippen molar-refractivity contribution in [3.63, 3.8) is 0 Å². The minimum atomic E-state index is -0.946. The molecule has 4 saturated carbocycles. The summed E-state index contributed by atoms with van der Waals surface area (Å²) in [6.07, 6.45) is 11.6. The largest absolute Gasteiger partial charge is 0.496 e. The fourth-order valence-electron chi connectivity index (χ4n) is 8.23. The highest BCUT2D eigenvalue weighted by Gasteiger charge is 2.52. The Morgan fingerprint density at radius 1 is 0.949 bits per heavy atom. The third-order valence-corrected chi connectivity index (χ3v) is 9.40. The van der Waals surface area contributed by atoms with Crippen LogP contribution in [0.3, 0.4) is 0 Å². The van der Waals surface area contributed by atoms with Crippen LogP contribution in [0, 0.1) is 17.8 Å². The number of hydrogen-bond donors (Lipinski definition) is 1. The van der Waals surface area contributed by atoms with Gasteiger partial charge in [-0.05, 0) is 115 Å². The van der Waals surface area contributed by atoms with Gasteiger partial charge in [-0.1, -0.05) is 49.4 Å². The van der Waals surface area contributed by atoms with E-state index in [9.17, 15) is 9.90 Å². The van der Waals surface area contributed by atoms with Gasteiger partial charge in [0, 0.05) is 17.2 Å². The summed E-state index contributed by atoms with van der Waals surface area (Å²) in [6, 6.07) is 21.0. The van der Waals surface area contributed by atoms with Crippen LogP contribution in [0.2, 0.25) is 0 Å². The van der Waals surface area contributed by atoms with Gasteiger partial charge in [0.05, 0.1) is 7.11 Å². The molecule has 3 aromatic rings. The molecule has 0 amide bonds. The van der Waals surface area contributed by atoms with E-state index >= 15 is 0 Å². The third kappa shape index (κ3) is 4.97. The molecule has 0 saturated heterocycles. The monoisotopic (exact) mass is 522 g/mol. The average Bonchev–Trinajstić information content (AvgIpc) is 2.94. The highest BCUT2D eigenvalue weighted by atomic mass is 16.5. The van der Waals surface area contributed by atoms with Crippen molar-refractivity contribution in [2.24, 2.45) is 17.8 Å². The molecule has 39 heavy (non-hydrogen) atoms. The maximum atomic E-state index is 11.3. The second-order valence-electron chi connectivity index (χ2n) is 11.9. The first-order valence-electron chi connectivity index (χ1n) is 14.4. The molecular weight excluding hydrogens is 484 g/mol. The van der Waals surface area contributed by atoms with Gasteiger partial charge in [-0.25, -0.2) is 4.79 Å². The molecule has 202 valence electrons. The first kappa shape index (κ1) is 25.7. The lowest BCUT2D eigenvalue weighted by Crippen LogP contribution is -2.48. The Kier molecular flexibility index (Phi) is 6.97. The molecule has 7 rings (SSSR count). The van der Waals surface area contributed by atoms with Crippen molar-refractivity contribution in [1.82, 2.24) is 0 Å². The highest BCUT2D eigenvalue weighted by molar-refractivity contribution is 5.87. The van der Waals surface area contributed by atoms with E-state index in [2.05, 4.69) is 49.4 Å². The smallest absolute Gasteiger partial charge is 0.328 e. The number of ether oxygens (including phenoxy) is 2. The number of methoxy groups -OCH3 is 1. The minimum Gasteiger partial charge on any atom is -0.496 e. The van der Waals surface area contributed by atoms with Crippen molar-refractivity contribution in [1.29, 1.82) is 0 Å². The molecule has 3 aromatic carbocycles. The number of benzene rings is 3. The normalized spacial score (nSPS) is 25.2. The molecule has 0 radical (unpaired) electrons. The van der Waals surface area contributed by atoms with E-state index in [-0.39, 0.29) is 5.41 Å². The number of rotatable bonds is 9. The molecule has 4 fully saturated rings. The number of carboxylic acid groups (broad SMARTS) is 1. The first-order chi connectivity index (χ1) is 19.0. The molecule has 4 nitrogen and oxygen atoms in total. The maximum Gasteiger partial charge on any atom is 0.328 e. The number of carboxylic acids is 1. The first-order valence-corrected chi connectivity index (χ1v) is 14.4. The lowest BCUT2D eigenvalue weighted by atomic mass is 9.48. The summed E-state index contributed by atoms with van der Waals surface area (Å²) in [5, 5.41) is 9.25. The van der Waals surface area contributed by atoms with Gasteiger partial charge in [-0.15, -0.1) is 0 Å². The number of aliphatic carboxylic acids is 1. The molecule has 0 atom stereocenters. The van der Waals surface area contributed by atoms with Crippen molar-refractivity contribution in [3.8, 4) is 22.6 Å². The SMILES string of the molecule is CCc1c(C=CC(=O)O)ccc(OC)c1-c1ccc(OCc2ccccc2)c(C23CC4CC(CC(C4)C2)C3)c1. The van der Waals surface area contributed by atoms with Crippen molar-refractivity contribution >= 4 is 12.0 Å². The molecule has 4 aliphatic rings. The zero-order valence-corrected chi connectivity index (χ0v) is 23.0. The van der Waals surface area contributed by atoms with Gasteiger partial charge in [0.15, 0.2) is 0 Å². The van der Waals surface area contributed by atoms with Crippen LogP contribution >= 0.6 is 0 Å². The van der Waals surface area contributed by atoms with Gasteiger partial charge in [0.25, 0.3) is 0 Å². The van der Waals surface area contributed by atoms with E-state index in [0.717, 1.165) is 57.9 Å². The third-order valence-electron chi connectivity index (χ3n) is 9.40. The summed E-state index contributed by atoms with van der Waals surface area (Å²) in [4.78, 5) is 11.3. The predicted octanol–water partition coefficient (Wildman–Crippen LogP) is 8.07. The van der Waals surface area contributed by atoms with Gasteiger partial charge < -0.3 is 14.6 Å². The average molecular weight is 523 g/mol. The van der Waals surface area contributed by atoms with E-state index in [0.29, 0.717) is 6.61 Å². The van der Waals surface area contributed by atoms with Crippen LogP contribution in [0.5, 0.6) is 11.5 Å². The lowest BCUT2D eigenvalue weighted by Gasteiger charge is -2.57. The summed E-state index contributed by atoms with van der Waals surface area (Å²) in [7, 11) is 1.71. The fraction of sp³-hybridized carbons (Fsp3) is 0.400. The quantitative estimate of drug-likeness (QED) is 0.289. The Labute approximate surface area is 231 Å². The fourth-order valence-corrected chi connectivity index (χ4v) is 8.23. The van der Waals surface area contributed by atoms with E-state index < -0.39 is 5.97 Å². The summed E-state index contributed by atoms with van der Waals surface area (Å²) >= 11 is 0. The highest BCUT2D eigenvalue weighted by Crippen LogP contribution is 2.62. The van der Waals surface area contributed by atoms with E-state index in [1.807, 2.05) is 18.2 Å². The van der Waals surface area contributed by atoms with Gasteiger partial charge in [0.2, 0.25) is 0 Å².